The molecule has 1 aliphatic heterocycles. The fraction of sp³-hybridized carbons (Fsp3) is 0.654. The van der Waals surface area contributed by atoms with Crippen molar-refractivity contribution in [3.63, 3.8) is 0 Å². The van der Waals surface area contributed by atoms with Crippen LogP contribution in [0.25, 0.3) is 0 Å². The van der Waals surface area contributed by atoms with Crippen molar-refractivity contribution < 1.29 is 24.2 Å². The van der Waals surface area contributed by atoms with E-state index in [-0.39, 0.29) is 23.2 Å². The van der Waals surface area contributed by atoms with Gasteiger partial charge in [-0.05, 0) is 29.2 Å². The van der Waals surface area contributed by atoms with Gasteiger partial charge in [-0.15, -0.1) is 0 Å². The molecule has 0 spiro atoms. The summed E-state index contributed by atoms with van der Waals surface area (Å²) in [5, 5.41) is 9.58. The zero-order valence-corrected chi connectivity index (χ0v) is 21.1. The van der Waals surface area contributed by atoms with Gasteiger partial charge in [0.2, 0.25) is 5.91 Å². The summed E-state index contributed by atoms with van der Waals surface area (Å²) in [6.07, 6.45) is 1.04. The van der Waals surface area contributed by atoms with Crippen LogP contribution in [0.1, 0.15) is 66.4 Å². The summed E-state index contributed by atoms with van der Waals surface area (Å²) in [5.41, 5.74) is 0.787. The van der Waals surface area contributed by atoms with Gasteiger partial charge in [-0.2, -0.15) is 0 Å². The zero-order chi connectivity index (χ0) is 25.0. The highest BCUT2D eigenvalue weighted by atomic mass is 16.5. The third-order valence-corrected chi connectivity index (χ3v) is 6.01. The standard InChI is InChI=1S/C26H40N2O5/c1-25(2,3)13-14-27-19(16-22(29)30)23(31)28(21(27)17-26(4,5)6)20(24(32)33-7)15-18-11-9-8-10-12-18/h8-12,19-21H,13-17H2,1-7H3,(H,29,30)/t19-,20+,21-/m0/s1. The maximum absolute atomic E-state index is 13.7. The first-order valence-electron chi connectivity index (χ1n) is 11.6. The van der Waals surface area contributed by atoms with Crippen LogP contribution >= 0.6 is 0 Å². The van der Waals surface area contributed by atoms with E-state index in [1.165, 1.54) is 7.11 Å². The molecular formula is C26H40N2O5. The van der Waals surface area contributed by atoms with E-state index in [0.29, 0.717) is 19.4 Å². The maximum Gasteiger partial charge on any atom is 0.328 e. The van der Waals surface area contributed by atoms with Crippen LogP contribution < -0.4 is 0 Å². The number of carboxylic acids is 1. The molecule has 0 bridgehead atoms. The van der Waals surface area contributed by atoms with Crippen LogP contribution in [0.5, 0.6) is 0 Å². The number of ether oxygens (including phenoxy) is 1. The molecule has 1 saturated heterocycles. The lowest BCUT2D eigenvalue weighted by Gasteiger charge is -2.39. The number of rotatable bonds is 9. The van der Waals surface area contributed by atoms with E-state index in [4.69, 9.17) is 4.74 Å². The van der Waals surface area contributed by atoms with E-state index in [9.17, 15) is 19.5 Å². The maximum atomic E-state index is 13.7. The minimum absolute atomic E-state index is 0.0162. The Morgan fingerprint density at radius 2 is 1.67 bits per heavy atom. The second-order valence-electron chi connectivity index (χ2n) is 11.4. The molecule has 1 aliphatic rings. The lowest BCUT2D eigenvalue weighted by atomic mass is 9.88. The molecule has 33 heavy (non-hydrogen) atoms. The van der Waals surface area contributed by atoms with Gasteiger partial charge in [0, 0.05) is 13.0 Å². The predicted octanol–water partition coefficient (Wildman–Crippen LogP) is 3.96. The van der Waals surface area contributed by atoms with Crippen molar-refractivity contribution in [1.29, 1.82) is 0 Å². The number of nitrogens with zero attached hydrogens (tertiary/aromatic N) is 2. The fourth-order valence-corrected chi connectivity index (χ4v) is 4.36. The van der Waals surface area contributed by atoms with Gasteiger partial charge in [0.05, 0.1) is 19.7 Å². The molecule has 1 heterocycles. The van der Waals surface area contributed by atoms with Gasteiger partial charge in [-0.3, -0.25) is 14.5 Å². The highest BCUT2D eigenvalue weighted by Crippen LogP contribution is 2.36. The molecule has 0 unspecified atom stereocenters. The van der Waals surface area contributed by atoms with Crippen molar-refractivity contribution in [2.45, 2.75) is 85.5 Å². The molecular weight excluding hydrogens is 420 g/mol. The number of carboxylic acid groups (broad SMARTS) is 1. The highest BCUT2D eigenvalue weighted by Gasteiger charge is 2.51. The highest BCUT2D eigenvalue weighted by molar-refractivity contribution is 5.92. The summed E-state index contributed by atoms with van der Waals surface area (Å²) >= 11 is 0. The van der Waals surface area contributed by atoms with Crippen LogP contribution in [-0.4, -0.2) is 64.7 Å². The van der Waals surface area contributed by atoms with Crippen LogP contribution in [0.3, 0.4) is 0 Å². The number of methoxy groups -OCH3 is 1. The number of amides is 1. The van der Waals surface area contributed by atoms with E-state index in [0.717, 1.165) is 12.0 Å². The van der Waals surface area contributed by atoms with Gasteiger partial charge in [0.25, 0.3) is 0 Å². The minimum atomic E-state index is -1.02. The summed E-state index contributed by atoms with van der Waals surface area (Å²) in [6.45, 7) is 13.2. The summed E-state index contributed by atoms with van der Waals surface area (Å²) in [5.74, 6) is -1.83. The fourth-order valence-electron chi connectivity index (χ4n) is 4.36. The second-order valence-corrected chi connectivity index (χ2v) is 11.4. The molecule has 0 aliphatic carbocycles. The number of aliphatic carboxylic acids is 1. The monoisotopic (exact) mass is 460 g/mol. The molecule has 1 aromatic rings. The van der Waals surface area contributed by atoms with E-state index >= 15 is 0 Å². The van der Waals surface area contributed by atoms with Crippen LogP contribution in [-0.2, 0) is 25.5 Å². The van der Waals surface area contributed by atoms with E-state index in [1.54, 1.807) is 4.90 Å². The van der Waals surface area contributed by atoms with E-state index in [1.807, 2.05) is 35.2 Å². The zero-order valence-electron chi connectivity index (χ0n) is 21.1. The Morgan fingerprint density at radius 3 is 2.15 bits per heavy atom. The summed E-state index contributed by atoms with van der Waals surface area (Å²) in [4.78, 5) is 42.0. The van der Waals surface area contributed by atoms with Gasteiger partial charge in [-0.25, -0.2) is 4.79 Å². The quantitative estimate of drug-likeness (QED) is 0.562. The summed E-state index contributed by atoms with van der Waals surface area (Å²) in [7, 11) is 1.33. The molecule has 0 radical (unpaired) electrons. The summed E-state index contributed by atoms with van der Waals surface area (Å²) < 4.78 is 5.12. The van der Waals surface area contributed by atoms with Gasteiger partial charge in [0.15, 0.2) is 0 Å². The minimum Gasteiger partial charge on any atom is -0.481 e. The topological polar surface area (TPSA) is 87.1 Å². The third-order valence-electron chi connectivity index (χ3n) is 6.01. The number of carbonyl (C=O) groups is 3. The number of esters is 1. The Morgan fingerprint density at radius 1 is 1.06 bits per heavy atom. The molecule has 1 aromatic carbocycles. The largest absolute Gasteiger partial charge is 0.481 e. The molecule has 184 valence electrons. The lowest BCUT2D eigenvalue weighted by molar-refractivity contribution is -0.153. The number of hydrogen-bond acceptors (Lipinski definition) is 5. The predicted molar refractivity (Wildman–Crippen MR) is 127 cm³/mol. The van der Waals surface area contributed by atoms with Gasteiger partial charge >= 0.3 is 11.9 Å². The Bertz CT molecular complexity index is 825. The third kappa shape index (κ3) is 7.56. The SMILES string of the molecule is COC(=O)[C@@H](Cc1ccccc1)N1C(=O)[C@H](CC(=O)O)N(CCC(C)(C)C)[C@@H]1CC(C)(C)C. The Balaban J connectivity index is 2.54. The van der Waals surface area contributed by atoms with Gasteiger partial charge < -0.3 is 14.7 Å². The molecule has 1 N–H and O–H groups in total. The van der Waals surface area contributed by atoms with Crippen molar-refractivity contribution in [3.8, 4) is 0 Å². The van der Waals surface area contributed by atoms with Crippen molar-refractivity contribution in [2.24, 2.45) is 10.8 Å². The lowest BCUT2D eigenvalue weighted by Crippen LogP contribution is -2.52. The first-order valence-corrected chi connectivity index (χ1v) is 11.6. The second kappa shape index (κ2) is 10.7. The van der Waals surface area contributed by atoms with Crippen molar-refractivity contribution in [1.82, 2.24) is 9.80 Å². The molecule has 3 atom stereocenters. The molecule has 0 aromatic heterocycles. The molecule has 7 heteroatoms. The number of hydrogen-bond donors (Lipinski definition) is 1. The molecule has 2 rings (SSSR count). The van der Waals surface area contributed by atoms with Crippen LogP contribution in [0, 0.1) is 10.8 Å². The van der Waals surface area contributed by atoms with Crippen LogP contribution in [0.15, 0.2) is 30.3 Å². The number of benzene rings is 1. The van der Waals surface area contributed by atoms with Gasteiger partial charge in [-0.1, -0.05) is 71.9 Å². The molecule has 1 amide bonds. The van der Waals surface area contributed by atoms with Crippen LogP contribution in [0.4, 0.5) is 0 Å². The summed E-state index contributed by atoms with van der Waals surface area (Å²) in [6, 6.07) is 7.89. The smallest absolute Gasteiger partial charge is 0.328 e. The van der Waals surface area contributed by atoms with E-state index < -0.39 is 30.2 Å². The van der Waals surface area contributed by atoms with Crippen LogP contribution in [0.2, 0.25) is 0 Å². The normalized spacial score (nSPS) is 20.7. The average molecular weight is 461 g/mol. The average Bonchev–Trinajstić information content (AvgIpc) is 2.93. The van der Waals surface area contributed by atoms with E-state index in [2.05, 4.69) is 41.5 Å². The van der Waals surface area contributed by atoms with Crippen molar-refractivity contribution in [3.05, 3.63) is 35.9 Å². The Kier molecular flexibility index (Phi) is 8.69. The molecule has 7 nitrogen and oxygen atoms in total. The first kappa shape index (κ1) is 26.8. The number of carbonyl (C=O) groups excluding carboxylic acids is 2. The van der Waals surface area contributed by atoms with Gasteiger partial charge in [0.1, 0.15) is 12.1 Å². The van der Waals surface area contributed by atoms with Crippen molar-refractivity contribution >= 4 is 17.8 Å². The Hall–Kier alpha value is -2.41. The Labute approximate surface area is 198 Å². The molecule has 0 saturated carbocycles. The van der Waals surface area contributed by atoms with Crippen molar-refractivity contribution in [2.75, 3.05) is 13.7 Å². The molecule has 1 fully saturated rings. The first-order chi connectivity index (χ1) is 15.2.